The number of amides is 1. The van der Waals surface area contributed by atoms with Crippen LogP contribution in [0.25, 0.3) is 10.4 Å². The molecule has 0 saturated carbocycles. The Morgan fingerprint density at radius 3 is 2.61 bits per heavy atom. The first-order valence-corrected chi connectivity index (χ1v) is 6.80. The first-order valence-electron chi connectivity index (χ1n) is 6.03. The molecule has 0 spiro atoms. The number of hydrogen-bond donors (Lipinski definition) is 0. The lowest BCUT2D eigenvalue weighted by Gasteiger charge is -2.13. The molecular formula is C13H13N3OS. The highest BCUT2D eigenvalue weighted by Gasteiger charge is 2.25. The number of nitrogens with zero attached hydrogens (tertiary/aromatic N) is 3. The van der Waals surface area contributed by atoms with Crippen LogP contribution >= 0.6 is 11.5 Å². The van der Waals surface area contributed by atoms with Crippen molar-refractivity contribution in [2.24, 2.45) is 0 Å². The quantitative estimate of drug-likeness (QED) is 0.832. The minimum absolute atomic E-state index is 0.0140. The Morgan fingerprint density at radius 2 is 1.89 bits per heavy atom. The van der Waals surface area contributed by atoms with Gasteiger partial charge in [0, 0.05) is 13.1 Å². The van der Waals surface area contributed by atoms with Crippen molar-refractivity contribution in [3.63, 3.8) is 0 Å². The maximum absolute atomic E-state index is 12.3. The highest BCUT2D eigenvalue weighted by Crippen LogP contribution is 2.27. The van der Waals surface area contributed by atoms with Gasteiger partial charge in [-0.1, -0.05) is 34.8 Å². The number of benzene rings is 1. The van der Waals surface area contributed by atoms with E-state index in [4.69, 9.17) is 0 Å². The van der Waals surface area contributed by atoms with Crippen LogP contribution in [0.1, 0.15) is 23.3 Å². The monoisotopic (exact) mass is 259 g/mol. The van der Waals surface area contributed by atoms with Gasteiger partial charge >= 0.3 is 0 Å². The molecule has 1 aliphatic heterocycles. The molecule has 1 aliphatic rings. The zero-order valence-electron chi connectivity index (χ0n) is 9.87. The summed E-state index contributed by atoms with van der Waals surface area (Å²) >= 11 is 1.28. The number of hydrogen-bond acceptors (Lipinski definition) is 4. The van der Waals surface area contributed by atoms with Crippen molar-refractivity contribution >= 4 is 17.4 Å². The molecule has 0 radical (unpaired) electrons. The molecule has 0 bridgehead atoms. The maximum atomic E-state index is 12.3. The van der Waals surface area contributed by atoms with E-state index >= 15 is 0 Å². The van der Waals surface area contributed by atoms with E-state index in [0.29, 0.717) is 5.69 Å². The number of rotatable bonds is 2. The van der Waals surface area contributed by atoms with Gasteiger partial charge in [0.15, 0.2) is 5.69 Å². The fourth-order valence-corrected chi connectivity index (χ4v) is 2.84. The Morgan fingerprint density at radius 1 is 1.17 bits per heavy atom. The van der Waals surface area contributed by atoms with Gasteiger partial charge in [-0.25, -0.2) is 0 Å². The van der Waals surface area contributed by atoms with E-state index in [1.165, 1.54) is 11.5 Å². The number of likely N-dealkylation sites (tertiary alicyclic amines) is 1. The Kier molecular flexibility index (Phi) is 3.06. The molecule has 0 atom stereocenters. The van der Waals surface area contributed by atoms with E-state index in [0.717, 1.165) is 36.4 Å². The van der Waals surface area contributed by atoms with Crippen LogP contribution in [0.3, 0.4) is 0 Å². The summed E-state index contributed by atoms with van der Waals surface area (Å²) in [6.45, 7) is 1.68. The third-order valence-electron chi connectivity index (χ3n) is 3.12. The Bertz CT molecular complexity index is 546. The van der Waals surface area contributed by atoms with Crippen LogP contribution in [0.15, 0.2) is 30.3 Å². The molecule has 1 aromatic heterocycles. The minimum atomic E-state index is 0.0140. The van der Waals surface area contributed by atoms with Crippen molar-refractivity contribution in [1.29, 1.82) is 0 Å². The molecule has 2 heterocycles. The van der Waals surface area contributed by atoms with E-state index in [1.807, 2.05) is 35.2 Å². The summed E-state index contributed by atoms with van der Waals surface area (Å²) in [5, 5.41) is 4.01. The molecule has 1 fully saturated rings. The molecule has 3 rings (SSSR count). The molecule has 0 N–H and O–H groups in total. The summed E-state index contributed by atoms with van der Waals surface area (Å²) in [4.78, 5) is 15.1. The fourth-order valence-electron chi connectivity index (χ4n) is 2.18. The van der Waals surface area contributed by atoms with E-state index in [-0.39, 0.29) is 5.91 Å². The van der Waals surface area contributed by atoms with Crippen molar-refractivity contribution in [3.05, 3.63) is 36.0 Å². The second kappa shape index (κ2) is 4.86. The number of carbonyl (C=O) groups excluding carboxylic acids is 1. The van der Waals surface area contributed by atoms with Gasteiger partial charge < -0.3 is 4.90 Å². The Hall–Kier alpha value is -1.75. The maximum Gasteiger partial charge on any atom is 0.275 e. The summed E-state index contributed by atoms with van der Waals surface area (Å²) in [5.74, 6) is 0.0140. The lowest BCUT2D eigenvalue weighted by atomic mass is 10.1. The third kappa shape index (κ3) is 2.01. The summed E-state index contributed by atoms with van der Waals surface area (Å²) in [6, 6.07) is 9.84. The van der Waals surface area contributed by atoms with Gasteiger partial charge in [-0.2, -0.15) is 0 Å². The van der Waals surface area contributed by atoms with Gasteiger partial charge in [0.1, 0.15) is 0 Å². The zero-order chi connectivity index (χ0) is 12.4. The summed E-state index contributed by atoms with van der Waals surface area (Å²) in [7, 11) is 0. The summed E-state index contributed by atoms with van der Waals surface area (Å²) in [6.07, 6.45) is 2.17. The molecule has 4 nitrogen and oxygen atoms in total. The van der Waals surface area contributed by atoms with Crippen molar-refractivity contribution in [1.82, 2.24) is 14.5 Å². The Labute approximate surface area is 109 Å². The second-order valence-corrected chi connectivity index (χ2v) is 5.07. The van der Waals surface area contributed by atoms with Crippen LogP contribution in [-0.4, -0.2) is 33.5 Å². The lowest BCUT2D eigenvalue weighted by Crippen LogP contribution is -2.28. The molecule has 5 heteroatoms. The molecule has 0 aliphatic carbocycles. The molecule has 18 heavy (non-hydrogen) atoms. The molecule has 92 valence electrons. The minimum Gasteiger partial charge on any atom is -0.337 e. The predicted molar refractivity (Wildman–Crippen MR) is 70.5 cm³/mol. The van der Waals surface area contributed by atoms with Gasteiger partial charge in [0.2, 0.25) is 0 Å². The van der Waals surface area contributed by atoms with Crippen LogP contribution in [0.5, 0.6) is 0 Å². The Balaban J connectivity index is 1.94. The normalized spacial score (nSPS) is 15.0. The largest absolute Gasteiger partial charge is 0.337 e. The standard InChI is InChI=1S/C13H13N3OS/c17-13(16-8-4-5-9-16)11-12(18-15-14-11)10-6-2-1-3-7-10/h1-3,6-7H,4-5,8-9H2. The van der Waals surface area contributed by atoms with Gasteiger partial charge in [0.05, 0.1) is 4.88 Å². The van der Waals surface area contributed by atoms with Crippen LogP contribution in [0, 0.1) is 0 Å². The predicted octanol–water partition coefficient (Wildman–Crippen LogP) is 2.44. The first-order chi connectivity index (χ1) is 8.86. The summed E-state index contributed by atoms with van der Waals surface area (Å²) in [5.41, 5.74) is 1.50. The molecular weight excluding hydrogens is 246 g/mol. The fraction of sp³-hybridized carbons (Fsp3) is 0.308. The van der Waals surface area contributed by atoms with E-state index in [2.05, 4.69) is 9.59 Å². The van der Waals surface area contributed by atoms with Crippen LogP contribution in [0.2, 0.25) is 0 Å². The van der Waals surface area contributed by atoms with E-state index in [1.54, 1.807) is 0 Å². The van der Waals surface area contributed by atoms with Gasteiger partial charge in [-0.15, -0.1) is 5.10 Å². The van der Waals surface area contributed by atoms with Crippen molar-refractivity contribution in [2.75, 3.05) is 13.1 Å². The lowest BCUT2D eigenvalue weighted by molar-refractivity contribution is 0.0788. The van der Waals surface area contributed by atoms with E-state index in [9.17, 15) is 4.79 Å². The summed E-state index contributed by atoms with van der Waals surface area (Å²) < 4.78 is 3.94. The number of aromatic nitrogens is 2. The average molecular weight is 259 g/mol. The van der Waals surface area contributed by atoms with Crippen LogP contribution in [-0.2, 0) is 0 Å². The number of carbonyl (C=O) groups is 1. The topological polar surface area (TPSA) is 46.1 Å². The molecule has 1 amide bonds. The van der Waals surface area contributed by atoms with Gasteiger partial charge in [-0.3, -0.25) is 4.79 Å². The van der Waals surface area contributed by atoms with Crippen LogP contribution < -0.4 is 0 Å². The smallest absolute Gasteiger partial charge is 0.275 e. The SMILES string of the molecule is O=C(c1nnsc1-c1ccccc1)N1CCCC1. The highest BCUT2D eigenvalue weighted by molar-refractivity contribution is 7.09. The second-order valence-electron chi connectivity index (χ2n) is 4.32. The third-order valence-corrected chi connectivity index (χ3v) is 3.89. The molecule has 1 aromatic carbocycles. The molecule has 1 saturated heterocycles. The molecule has 2 aromatic rings. The first kappa shape index (κ1) is 11.3. The average Bonchev–Trinajstić information content (AvgIpc) is 3.10. The van der Waals surface area contributed by atoms with Crippen molar-refractivity contribution < 1.29 is 4.79 Å². The van der Waals surface area contributed by atoms with Crippen molar-refractivity contribution in [3.8, 4) is 10.4 Å². The highest BCUT2D eigenvalue weighted by atomic mass is 32.1. The van der Waals surface area contributed by atoms with E-state index < -0.39 is 0 Å². The molecule has 0 unspecified atom stereocenters. The van der Waals surface area contributed by atoms with Gasteiger partial charge in [0.25, 0.3) is 5.91 Å². The van der Waals surface area contributed by atoms with Crippen LogP contribution in [0.4, 0.5) is 0 Å². The van der Waals surface area contributed by atoms with Crippen molar-refractivity contribution in [2.45, 2.75) is 12.8 Å². The van der Waals surface area contributed by atoms with Gasteiger partial charge in [-0.05, 0) is 29.9 Å². The zero-order valence-corrected chi connectivity index (χ0v) is 10.7.